The molecule has 1 fully saturated rings. The van der Waals surface area contributed by atoms with Crippen molar-refractivity contribution in [3.05, 3.63) is 0 Å². The van der Waals surface area contributed by atoms with Gasteiger partial charge in [-0.3, -0.25) is 4.79 Å². The van der Waals surface area contributed by atoms with Gasteiger partial charge in [-0.25, -0.2) is 8.42 Å². The number of hydrogen-bond acceptors (Lipinski definition) is 4. The van der Waals surface area contributed by atoms with Crippen LogP contribution in [0.2, 0.25) is 0 Å². The first kappa shape index (κ1) is 14.4. The van der Waals surface area contributed by atoms with Crippen LogP contribution in [0.1, 0.15) is 13.8 Å². The summed E-state index contributed by atoms with van der Waals surface area (Å²) in [5.74, 6) is -0.215. The molecule has 1 heterocycles. The molecule has 2 atom stereocenters. The first-order valence-corrected chi connectivity index (χ1v) is 7.58. The lowest BCUT2D eigenvalue weighted by Gasteiger charge is -2.35. The Bertz CT molecular complexity index is 372. The van der Waals surface area contributed by atoms with Crippen LogP contribution < -0.4 is 5.73 Å². The average molecular weight is 263 g/mol. The Kier molecular flexibility index (Phi) is 4.51. The third-order valence-electron chi connectivity index (χ3n) is 3.20. The fourth-order valence-electron chi connectivity index (χ4n) is 1.75. The second-order valence-electron chi connectivity index (χ2n) is 4.64. The highest BCUT2D eigenvalue weighted by Gasteiger charge is 2.29. The van der Waals surface area contributed by atoms with E-state index in [9.17, 15) is 13.2 Å². The van der Waals surface area contributed by atoms with Crippen molar-refractivity contribution in [3.63, 3.8) is 0 Å². The van der Waals surface area contributed by atoms with E-state index in [0.29, 0.717) is 26.2 Å². The molecule has 17 heavy (non-hydrogen) atoms. The molecule has 1 rings (SSSR count). The maximum Gasteiger partial charge on any atom is 0.227 e. The van der Waals surface area contributed by atoms with Gasteiger partial charge in [-0.1, -0.05) is 6.92 Å². The van der Waals surface area contributed by atoms with E-state index >= 15 is 0 Å². The minimum atomic E-state index is -3.14. The van der Waals surface area contributed by atoms with Crippen LogP contribution in [-0.2, 0) is 14.8 Å². The quantitative estimate of drug-likeness (QED) is 0.713. The van der Waals surface area contributed by atoms with Gasteiger partial charge in [0.15, 0.2) is 0 Å². The fraction of sp³-hybridized carbons (Fsp3) is 0.900. The molecule has 2 N–H and O–H groups in total. The number of hydrogen-bond donors (Lipinski definition) is 1. The summed E-state index contributed by atoms with van der Waals surface area (Å²) in [6.07, 6.45) is 1.19. The predicted molar refractivity (Wildman–Crippen MR) is 65.8 cm³/mol. The van der Waals surface area contributed by atoms with Crippen molar-refractivity contribution in [2.45, 2.75) is 19.9 Å². The minimum Gasteiger partial charge on any atom is -0.340 e. The van der Waals surface area contributed by atoms with Crippen LogP contribution >= 0.6 is 0 Å². The summed E-state index contributed by atoms with van der Waals surface area (Å²) >= 11 is 0. The molecule has 0 spiro atoms. The number of nitrogens with two attached hydrogens (primary N) is 1. The molecule has 0 aromatic rings. The van der Waals surface area contributed by atoms with Gasteiger partial charge in [-0.2, -0.15) is 4.31 Å². The second kappa shape index (κ2) is 5.32. The summed E-state index contributed by atoms with van der Waals surface area (Å²) in [4.78, 5) is 13.7. The highest BCUT2D eigenvalue weighted by molar-refractivity contribution is 7.88. The third kappa shape index (κ3) is 3.65. The molecule has 0 aromatic heterocycles. The van der Waals surface area contributed by atoms with Gasteiger partial charge in [-0.05, 0) is 6.92 Å². The number of carbonyl (C=O) groups excluding carboxylic acids is 1. The van der Waals surface area contributed by atoms with Gasteiger partial charge in [0.05, 0.1) is 12.2 Å². The van der Waals surface area contributed by atoms with Crippen LogP contribution in [0.3, 0.4) is 0 Å². The van der Waals surface area contributed by atoms with Crippen molar-refractivity contribution in [1.29, 1.82) is 0 Å². The largest absolute Gasteiger partial charge is 0.340 e. The van der Waals surface area contributed by atoms with Gasteiger partial charge in [-0.15, -0.1) is 0 Å². The number of nitrogens with zero attached hydrogens (tertiary/aromatic N) is 2. The van der Waals surface area contributed by atoms with E-state index < -0.39 is 10.0 Å². The van der Waals surface area contributed by atoms with Crippen LogP contribution in [0.4, 0.5) is 0 Å². The van der Waals surface area contributed by atoms with Crippen molar-refractivity contribution in [1.82, 2.24) is 9.21 Å². The molecule has 1 aliphatic heterocycles. The number of rotatable bonds is 3. The molecule has 1 saturated heterocycles. The zero-order chi connectivity index (χ0) is 13.2. The lowest BCUT2D eigenvalue weighted by molar-refractivity contribution is -0.136. The maximum atomic E-state index is 12.0. The van der Waals surface area contributed by atoms with Gasteiger partial charge >= 0.3 is 0 Å². The summed E-state index contributed by atoms with van der Waals surface area (Å²) in [6, 6.07) is -0.185. The number of piperazine rings is 1. The lowest BCUT2D eigenvalue weighted by Crippen LogP contribution is -2.52. The summed E-state index contributed by atoms with van der Waals surface area (Å²) in [7, 11) is -3.14. The zero-order valence-corrected chi connectivity index (χ0v) is 11.4. The number of amides is 1. The Hall–Kier alpha value is -0.660. The summed E-state index contributed by atoms with van der Waals surface area (Å²) in [5, 5.41) is 0. The Labute approximate surface area is 103 Å². The highest BCUT2D eigenvalue weighted by Crippen LogP contribution is 2.11. The SMILES string of the molecule is CC(N)C(C)C(=O)N1CCN(S(C)(=O)=O)CC1. The van der Waals surface area contributed by atoms with E-state index in [0.717, 1.165) is 0 Å². The molecule has 0 aliphatic carbocycles. The summed E-state index contributed by atoms with van der Waals surface area (Å²) in [5.41, 5.74) is 5.69. The van der Waals surface area contributed by atoms with Gasteiger partial charge in [0.2, 0.25) is 15.9 Å². The van der Waals surface area contributed by atoms with E-state index in [-0.39, 0.29) is 17.9 Å². The second-order valence-corrected chi connectivity index (χ2v) is 6.62. The maximum absolute atomic E-state index is 12.0. The van der Waals surface area contributed by atoms with Crippen LogP contribution in [0.15, 0.2) is 0 Å². The van der Waals surface area contributed by atoms with Crippen LogP contribution in [0, 0.1) is 5.92 Å². The van der Waals surface area contributed by atoms with Crippen molar-refractivity contribution < 1.29 is 13.2 Å². The lowest BCUT2D eigenvalue weighted by atomic mass is 10.0. The first-order chi connectivity index (χ1) is 7.73. The van der Waals surface area contributed by atoms with Crippen molar-refractivity contribution in [2.75, 3.05) is 32.4 Å². The molecular formula is C10H21N3O3S. The van der Waals surface area contributed by atoms with E-state index in [4.69, 9.17) is 5.73 Å². The van der Waals surface area contributed by atoms with E-state index in [1.54, 1.807) is 18.7 Å². The molecule has 100 valence electrons. The van der Waals surface area contributed by atoms with E-state index in [1.807, 2.05) is 0 Å². The average Bonchev–Trinajstić information content (AvgIpc) is 2.26. The minimum absolute atomic E-state index is 0.00755. The Morgan fingerprint density at radius 3 is 2.00 bits per heavy atom. The van der Waals surface area contributed by atoms with E-state index in [2.05, 4.69) is 0 Å². The molecule has 2 unspecified atom stereocenters. The van der Waals surface area contributed by atoms with Gasteiger partial charge in [0.1, 0.15) is 0 Å². The predicted octanol–water partition coefficient (Wildman–Crippen LogP) is -0.926. The molecule has 1 aliphatic rings. The standard InChI is InChI=1S/C10H21N3O3S/c1-8(9(2)11)10(14)12-4-6-13(7-5-12)17(3,15)16/h8-9H,4-7,11H2,1-3H3. The zero-order valence-electron chi connectivity index (χ0n) is 10.6. The normalized spacial score (nSPS) is 22.2. The van der Waals surface area contributed by atoms with Crippen molar-refractivity contribution in [2.24, 2.45) is 11.7 Å². The molecule has 0 aromatic carbocycles. The first-order valence-electron chi connectivity index (χ1n) is 5.73. The van der Waals surface area contributed by atoms with E-state index in [1.165, 1.54) is 10.6 Å². The van der Waals surface area contributed by atoms with Crippen LogP contribution in [0.5, 0.6) is 0 Å². The van der Waals surface area contributed by atoms with Gasteiger partial charge < -0.3 is 10.6 Å². The summed E-state index contributed by atoms with van der Waals surface area (Å²) < 4.78 is 24.0. The summed E-state index contributed by atoms with van der Waals surface area (Å²) in [6.45, 7) is 5.24. The topological polar surface area (TPSA) is 83.7 Å². The molecule has 0 bridgehead atoms. The van der Waals surface area contributed by atoms with Crippen molar-refractivity contribution >= 4 is 15.9 Å². The van der Waals surface area contributed by atoms with Gasteiger partial charge in [0, 0.05) is 32.2 Å². The smallest absolute Gasteiger partial charge is 0.227 e. The molecule has 7 heteroatoms. The number of carbonyl (C=O) groups is 1. The Morgan fingerprint density at radius 2 is 1.65 bits per heavy atom. The Balaban J connectivity index is 2.56. The Morgan fingerprint density at radius 1 is 1.18 bits per heavy atom. The third-order valence-corrected chi connectivity index (χ3v) is 4.50. The van der Waals surface area contributed by atoms with Crippen molar-refractivity contribution in [3.8, 4) is 0 Å². The van der Waals surface area contributed by atoms with Crippen LogP contribution in [0.25, 0.3) is 0 Å². The monoisotopic (exact) mass is 263 g/mol. The van der Waals surface area contributed by atoms with Crippen LogP contribution in [-0.4, -0.2) is 62.0 Å². The fourth-order valence-corrected chi connectivity index (χ4v) is 2.58. The molecule has 1 amide bonds. The molecule has 6 nitrogen and oxygen atoms in total. The highest BCUT2D eigenvalue weighted by atomic mass is 32.2. The molecule has 0 radical (unpaired) electrons. The molecule has 0 saturated carbocycles. The number of sulfonamides is 1. The van der Waals surface area contributed by atoms with Gasteiger partial charge in [0.25, 0.3) is 0 Å². The molecular weight excluding hydrogens is 242 g/mol.